The highest BCUT2D eigenvalue weighted by Gasteiger charge is 2.39. The van der Waals surface area contributed by atoms with Crippen molar-refractivity contribution < 1.29 is 0 Å². The zero-order chi connectivity index (χ0) is 16.7. The Morgan fingerprint density at radius 1 is 0.958 bits per heavy atom. The van der Waals surface area contributed by atoms with Gasteiger partial charge in [-0.15, -0.1) is 0 Å². The van der Waals surface area contributed by atoms with E-state index in [2.05, 4.69) is 22.4 Å². The van der Waals surface area contributed by atoms with Gasteiger partial charge in [0.2, 0.25) is 0 Å². The van der Waals surface area contributed by atoms with Crippen molar-refractivity contribution >= 4 is 0 Å². The molecule has 2 aliphatic heterocycles. The topological polar surface area (TPSA) is 50.2 Å². The summed E-state index contributed by atoms with van der Waals surface area (Å²) in [6, 6.07) is 6.65. The van der Waals surface area contributed by atoms with Gasteiger partial charge < -0.3 is 10.2 Å². The molecule has 5 nitrogen and oxygen atoms in total. The Labute approximate surface area is 144 Å². The summed E-state index contributed by atoms with van der Waals surface area (Å²) in [5.41, 5.74) is 0.973. The van der Waals surface area contributed by atoms with E-state index in [-0.39, 0.29) is 11.6 Å². The molecule has 2 bridgehead atoms. The smallest absolute Gasteiger partial charge is 0.267 e. The Balaban J connectivity index is 1.32. The molecule has 0 amide bonds. The average Bonchev–Trinajstić information content (AvgIpc) is 2.80. The molecule has 3 heterocycles. The van der Waals surface area contributed by atoms with Crippen LogP contribution in [0.4, 0.5) is 0 Å². The van der Waals surface area contributed by atoms with Gasteiger partial charge >= 0.3 is 0 Å². The fourth-order valence-corrected chi connectivity index (χ4v) is 5.15. The van der Waals surface area contributed by atoms with Crippen molar-refractivity contribution in [2.45, 2.75) is 88.5 Å². The summed E-state index contributed by atoms with van der Waals surface area (Å²) in [4.78, 5) is 14.7. The van der Waals surface area contributed by atoms with Gasteiger partial charge in [-0.2, -0.15) is 5.10 Å². The van der Waals surface area contributed by atoms with Crippen LogP contribution in [0.1, 0.15) is 63.1 Å². The molecule has 2 saturated heterocycles. The molecule has 5 heteroatoms. The Bertz CT molecular complexity index is 620. The maximum Gasteiger partial charge on any atom is 0.267 e. The van der Waals surface area contributed by atoms with E-state index in [1.807, 2.05) is 6.92 Å². The number of aryl methyl sites for hydroxylation is 1. The number of aromatic nitrogens is 2. The molecule has 4 rings (SSSR count). The number of hydrogen-bond acceptors (Lipinski definition) is 4. The molecule has 1 aromatic rings. The van der Waals surface area contributed by atoms with Crippen LogP contribution in [0.3, 0.4) is 0 Å². The predicted molar refractivity (Wildman–Crippen MR) is 95.3 cm³/mol. The van der Waals surface area contributed by atoms with E-state index in [4.69, 9.17) is 0 Å². The van der Waals surface area contributed by atoms with Gasteiger partial charge in [-0.1, -0.05) is 0 Å². The monoisotopic (exact) mass is 330 g/mol. The zero-order valence-corrected chi connectivity index (χ0v) is 14.9. The van der Waals surface area contributed by atoms with Gasteiger partial charge in [0.15, 0.2) is 0 Å². The normalized spacial score (nSPS) is 36.8. The highest BCUT2D eigenvalue weighted by Crippen LogP contribution is 2.35. The van der Waals surface area contributed by atoms with Crippen LogP contribution in [0.25, 0.3) is 0 Å². The molecule has 1 aliphatic carbocycles. The van der Waals surface area contributed by atoms with Gasteiger partial charge in [0.05, 0.1) is 11.7 Å². The van der Waals surface area contributed by atoms with E-state index in [0.717, 1.165) is 43.5 Å². The minimum absolute atomic E-state index is 0.0453. The number of rotatable bonds is 3. The third-order valence-electron chi connectivity index (χ3n) is 6.57. The first-order chi connectivity index (χ1) is 11.6. The molecule has 2 unspecified atom stereocenters. The molecule has 1 aromatic heterocycles. The molecule has 1 saturated carbocycles. The Morgan fingerprint density at radius 3 is 2.25 bits per heavy atom. The van der Waals surface area contributed by atoms with E-state index in [1.54, 1.807) is 16.8 Å². The van der Waals surface area contributed by atoms with Gasteiger partial charge in [-0.05, 0) is 71.4 Å². The second-order valence-corrected chi connectivity index (χ2v) is 8.15. The lowest BCUT2D eigenvalue weighted by atomic mass is 9.89. The van der Waals surface area contributed by atoms with E-state index < -0.39 is 0 Å². The summed E-state index contributed by atoms with van der Waals surface area (Å²) in [6.07, 6.45) is 9.84. The molecule has 3 aliphatic rings. The zero-order valence-electron chi connectivity index (χ0n) is 14.9. The van der Waals surface area contributed by atoms with Crippen molar-refractivity contribution in [1.29, 1.82) is 0 Å². The average molecular weight is 330 g/mol. The largest absolute Gasteiger partial charge is 0.311 e. The van der Waals surface area contributed by atoms with Gasteiger partial charge in [-0.3, -0.25) is 4.79 Å². The van der Waals surface area contributed by atoms with E-state index in [9.17, 15) is 4.79 Å². The third-order valence-corrected chi connectivity index (χ3v) is 6.57. The summed E-state index contributed by atoms with van der Waals surface area (Å²) >= 11 is 0. The second-order valence-electron chi connectivity index (χ2n) is 8.15. The Morgan fingerprint density at radius 2 is 1.58 bits per heavy atom. The molecule has 132 valence electrons. The minimum Gasteiger partial charge on any atom is -0.311 e. The Kier molecular flexibility index (Phi) is 4.48. The van der Waals surface area contributed by atoms with Crippen LogP contribution >= 0.6 is 0 Å². The summed E-state index contributed by atoms with van der Waals surface area (Å²) in [7, 11) is 2.30. The van der Waals surface area contributed by atoms with Gasteiger partial charge in [0.25, 0.3) is 5.56 Å². The standard InChI is InChI=1S/C19H30N4O/c1-13-3-10-19(24)23(21-13)16-6-4-14(5-7-16)20-15-11-17-8-9-18(12-15)22(17)2/h3,10,14-18,20H,4-9,11-12H2,1-2H3. The number of piperidine rings is 1. The number of fused-ring (bicyclic) bond motifs is 2. The van der Waals surface area contributed by atoms with E-state index in [1.165, 1.54) is 25.7 Å². The van der Waals surface area contributed by atoms with Gasteiger partial charge in [-0.25, -0.2) is 4.68 Å². The lowest BCUT2D eigenvalue weighted by Gasteiger charge is -2.39. The molecular formula is C19H30N4O. The van der Waals surface area contributed by atoms with Crippen molar-refractivity contribution in [3.63, 3.8) is 0 Å². The first kappa shape index (κ1) is 16.3. The van der Waals surface area contributed by atoms with Crippen LogP contribution in [0.15, 0.2) is 16.9 Å². The fraction of sp³-hybridized carbons (Fsp3) is 0.789. The highest BCUT2D eigenvalue weighted by atomic mass is 16.1. The van der Waals surface area contributed by atoms with Gasteiger partial charge in [0, 0.05) is 30.2 Å². The van der Waals surface area contributed by atoms with Crippen molar-refractivity contribution in [2.24, 2.45) is 0 Å². The quantitative estimate of drug-likeness (QED) is 0.923. The first-order valence-corrected chi connectivity index (χ1v) is 9.64. The maximum atomic E-state index is 12.1. The van der Waals surface area contributed by atoms with Crippen molar-refractivity contribution in [2.75, 3.05) is 7.05 Å². The van der Waals surface area contributed by atoms with Crippen molar-refractivity contribution in [3.05, 3.63) is 28.2 Å². The number of nitrogens with zero attached hydrogens (tertiary/aromatic N) is 3. The lowest BCUT2D eigenvalue weighted by Crippen LogP contribution is -2.50. The van der Waals surface area contributed by atoms with Crippen LogP contribution in [0.2, 0.25) is 0 Å². The maximum absolute atomic E-state index is 12.1. The molecule has 1 N–H and O–H groups in total. The molecule has 2 atom stereocenters. The van der Waals surface area contributed by atoms with Gasteiger partial charge in [0.1, 0.15) is 0 Å². The van der Waals surface area contributed by atoms with E-state index in [0.29, 0.717) is 12.1 Å². The fourth-order valence-electron chi connectivity index (χ4n) is 5.15. The van der Waals surface area contributed by atoms with Crippen LogP contribution < -0.4 is 10.9 Å². The minimum atomic E-state index is 0.0453. The highest BCUT2D eigenvalue weighted by molar-refractivity contribution is 4.99. The van der Waals surface area contributed by atoms with Crippen LogP contribution in [0.5, 0.6) is 0 Å². The summed E-state index contributed by atoms with van der Waals surface area (Å²) in [5, 5.41) is 8.39. The van der Waals surface area contributed by atoms with Crippen LogP contribution in [-0.2, 0) is 0 Å². The lowest BCUT2D eigenvalue weighted by molar-refractivity contribution is 0.135. The summed E-state index contributed by atoms with van der Waals surface area (Å²) in [5.74, 6) is 0. The summed E-state index contributed by atoms with van der Waals surface area (Å²) < 4.78 is 1.72. The van der Waals surface area contributed by atoms with E-state index >= 15 is 0 Å². The Hall–Kier alpha value is -1.20. The molecule has 0 aromatic carbocycles. The molecule has 0 radical (unpaired) electrons. The number of hydrogen-bond donors (Lipinski definition) is 1. The van der Waals surface area contributed by atoms with Crippen LogP contribution in [-0.4, -0.2) is 45.9 Å². The predicted octanol–water partition coefficient (Wildman–Crippen LogP) is 2.25. The van der Waals surface area contributed by atoms with Crippen LogP contribution in [0, 0.1) is 6.92 Å². The van der Waals surface area contributed by atoms with Crippen molar-refractivity contribution in [3.8, 4) is 0 Å². The SMILES string of the molecule is Cc1ccc(=O)n(C2CCC(NC3CC4CCC(C3)N4C)CC2)n1. The first-order valence-electron chi connectivity index (χ1n) is 9.64. The second kappa shape index (κ2) is 6.60. The number of nitrogens with one attached hydrogen (secondary N) is 1. The molecule has 3 fully saturated rings. The molecule has 24 heavy (non-hydrogen) atoms. The molecule has 0 spiro atoms. The summed E-state index contributed by atoms with van der Waals surface area (Å²) in [6.45, 7) is 1.96. The third kappa shape index (κ3) is 3.16. The van der Waals surface area contributed by atoms with Crippen molar-refractivity contribution in [1.82, 2.24) is 20.0 Å². The molecular weight excluding hydrogens is 300 g/mol.